The Bertz CT molecular complexity index is 1050. The summed E-state index contributed by atoms with van der Waals surface area (Å²) in [5.74, 6) is 0.595. The Morgan fingerprint density at radius 2 is 1.90 bits per heavy atom. The lowest BCUT2D eigenvalue weighted by molar-refractivity contribution is -0.118. The summed E-state index contributed by atoms with van der Waals surface area (Å²) in [6.07, 6.45) is 0. The standard InChI is InChI=1S/C22H27ClN2O5S/c1-15(2)17-5-4-16(3)20(12-17)30-14-22(26)24-18-6-7-19(23)21(13-18)31(27,28)25-8-10-29-11-9-25/h4-7,12-13,15H,8-11,14H2,1-3H3,(H,24,26). The van der Waals surface area contributed by atoms with Crippen LogP contribution in [0.1, 0.15) is 30.9 Å². The van der Waals surface area contributed by atoms with Gasteiger partial charge < -0.3 is 14.8 Å². The molecule has 3 rings (SSSR count). The summed E-state index contributed by atoms with van der Waals surface area (Å²) in [4.78, 5) is 12.4. The zero-order valence-corrected chi connectivity index (χ0v) is 19.4. The predicted molar refractivity (Wildman–Crippen MR) is 120 cm³/mol. The first-order chi connectivity index (χ1) is 14.7. The third-order valence-corrected chi connectivity index (χ3v) is 7.42. The minimum atomic E-state index is -3.79. The van der Waals surface area contributed by atoms with Crippen LogP contribution < -0.4 is 10.1 Å². The minimum Gasteiger partial charge on any atom is -0.483 e. The molecule has 168 valence electrons. The number of morpholine rings is 1. The van der Waals surface area contributed by atoms with E-state index in [1.54, 1.807) is 6.07 Å². The van der Waals surface area contributed by atoms with E-state index in [0.29, 0.717) is 30.6 Å². The van der Waals surface area contributed by atoms with Crippen molar-refractivity contribution in [3.8, 4) is 5.75 Å². The highest BCUT2D eigenvalue weighted by Gasteiger charge is 2.28. The second-order valence-electron chi connectivity index (χ2n) is 7.68. The van der Waals surface area contributed by atoms with Crippen LogP contribution in [-0.4, -0.2) is 51.5 Å². The third kappa shape index (κ3) is 5.77. The van der Waals surface area contributed by atoms with Gasteiger partial charge in [0.2, 0.25) is 10.0 Å². The topological polar surface area (TPSA) is 84.9 Å². The molecule has 0 unspecified atom stereocenters. The minimum absolute atomic E-state index is 0.0461. The molecule has 0 spiro atoms. The van der Waals surface area contributed by atoms with Crippen molar-refractivity contribution >= 4 is 33.2 Å². The Hall–Kier alpha value is -2.13. The molecule has 0 atom stereocenters. The molecule has 0 radical (unpaired) electrons. The zero-order valence-electron chi connectivity index (χ0n) is 17.9. The summed E-state index contributed by atoms with van der Waals surface area (Å²) in [5, 5.41) is 2.78. The van der Waals surface area contributed by atoms with Crippen LogP contribution in [0, 0.1) is 6.92 Å². The van der Waals surface area contributed by atoms with Crippen molar-refractivity contribution in [3.05, 3.63) is 52.5 Å². The van der Waals surface area contributed by atoms with Crippen LogP contribution in [0.2, 0.25) is 5.02 Å². The van der Waals surface area contributed by atoms with E-state index in [9.17, 15) is 13.2 Å². The fourth-order valence-electron chi connectivity index (χ4n) is 3.18. The SMILES string of the molecule is Cc1ccc(C(C)C)cc1OCC(=O)Nc1ccc(Cl)c(S(=O)(=O)N2CCOCC2)c1. The molecule has 7 nitrogen and oxygen atoms in total. The van der Waals surface area contributed by atoms with E-state index in [4.69, 9.17) is 21.1 Å². The molecule has 2 aromatic rings. The van der Waals surface area contributed by atoms with Crippen LogP contribution in [-0.2, 0) is 19.6 Å². The highest BCUT2D eigenvalue weighted by atomic mass is 35.5. The Kier molecular flexibility index (Phi) is 7.59. The summed E-state index contributed by atoms with van der Waals surface area (Å²) >= 11 is 6.16. The maximum atomic E-state index is 12.9. The van der Waals surface area contributed by atoms with Crippen molar-refractivity contribution in [1.82, 2.24) is 4.31 Å². The summed E-state index contributed by atoms with van der Waals surface area (Å²) in [6.45, 7) is 7.09. The highest BCUT2D eigenvalue weighted by molar-refractivity contribution is 7.89. The van der Waals surface area contributed by atoms with E-state index in [2.05, 4.69) is 19.2 Å². The van der Waals surface area contributed by atoms with Crippen LogP contribution in [0.25, 0.3) is 0 Å². The van der Waals surface area contributed by atoms with E-state index >= 15 is 0 Å². The Morgan fingerprint density at radius 1 is 1.19 bits per heavy atom. The number of amides is 1. The lowest BCUT2D eigenvalue weighted by Crippen LogP contribution is -2.40. The summed E-state index contributed by atoms with van der Waals surface area (Å²) in [5.41, 5.74) is 2.39. The molecule has 1 heterocycles. The van der Waals surface area contributed by atoms with Crippen LogP contribution in [0.15, 0.2) is 41.3 Å². The monoisotopic (exact) mass is 466 g/mol. The smallest absolute Gasteiger partial charge is 0.262 e. The van der Waals surface area contributed by atoms with E-state index in [1.165, 1.54) is 16.4 Å². The van der Waals surface area contributed by atoms with Gasteiger partial charge in [0.05, 0.1) is 18.2 Å². The van der Waals surface area contributed by atoms with Gasteiger partial charge in [-0.05, 0) is 48.2 Å². The fourth-order valence-corrected chi connectivity index (χ4v) is 5.08. The number of hydrogen-bond donors (Lipinski definition) is 1. The number of nitrogens with one attached hydrogen (secondary N) is 1. The van der Waals surface area contributed by atoms with Crippen LogP contribution in [0.5, 0.6) is 5.75 Å². The van der Waals surface area contributed by atoms with Gasteiger partial charge in [0, 0.05) is 18.8 Å². The van der Waals surface area contributed by atoms with Gasteiger partial charge in [-0.15, -0.1) is 0 Å². The van der Waals surface area contributed by atoms with Crippen molar-refractivity contribution in [2.45, 2.75) is 31.6 Å². The van der Waals surface area contributed by atoms with Crippen molar-refractivity contribution in [3.63, 3.8) is 0 Å². The number of carbonyl (C=O) groups is 1. The van der Waals surface area contributed by atoms with Crippen molar-refractivity contribution in [1.29, 1.82) is 0 Å². The predicted octanol–water partition coefficient (Wildman–Crippen LogP) is 3.81. The van der Waals surface area contributed by atoms with Gasteiger partial charge in [0.25, 0.3) is 5.91 Å². The number of carbonyl (C=O) groups excluding carboxylic acids is 1. The fraction of sp³-hybridized carbons (Fsp3) is 0.409. The molecule has 1 amide bonds. The normalized spacial score (nSPS) is 15.1. The summed E-state index contributed by atoms with van der Waals surface area (Å²) in [6, 6.07) is 10.3. The Balaban J connectivity index is 1.70. The largest absolute Gasteiger partial charge is 0.483 e. The number of nitrogens with zero attached hydrogens (tertiary/aromatic N) is 1. The number of benzene rings is 2. The van der Waals surface area contributed by atoms with Crippen LogP contribution >= 0.6 is 11.6 Å². The van der Waals surface area contributed by atoms with Gasteiger partial charge in [-0.25, -0.2) is 8.42 Å². The molecule has 1 aliphatic heterocycles. The number of sulfonamides is 1. The number of aryl methyl sites for hydroxylation is 1. The average Bonchev–Trinajstić information content (AvgIpc) is 2.75. The first kappa shape index (κ1) is 23.5. The molecule has 0 aromatic heterocycles. The molecule has 1 N–H and O–H groups in total. The Labute approximate surface area is 188 Å². The molecule has 9 heteroatoms. The highest BCUT2D eigenvalue weighted by Crippen LogP contribution is 2.28. The first-order valence-corrected chi connectivity index (χ1v) is 11.9. The van der Waals surface area contributed by atoms with E-state index in [-0.39, 0.29) is 29.6 Å². The number of rotatable bonds is 7. The van der Waals surface area contributed by atoms with E-state index in [0.717, 1.165) is 11.1 Å². The molecular weight excluding hydrogens is 440 g/mol. The third-order valence-electron chi connectivity index (χ3n) is 5.04. The van der Waals surface area contributed by atoms with Gasteiger partial charge in [0.1, 0.15) is 10.6 Å². The molecule has 0 aliphatic carbocycles. The molecule has 0 bridgehead atoms. The van der Waals surface area contributed by atoms with Crippen molar-refractivity contribution in [2.24, 2.45) is 0 Å². The second-order valence-corrected chi connectivity index (χ2v) is 9.99. The zero-order chi connectivity index (χ0) is 22.6. The van der Waals surface area contributed by atoms with Gasteiger partial charge in [-0.1, -0.05) is 37.6 Å². The van der Waals surface area contributed by atoms with Gasteiger partial charge >= 0.3 is 0 Å². The Morgan fingerprint density at radius 3 is 2.58 bits per heavy atom. The van der Waals surface area contributed by atoms with E-state index in [1.807, 2.05) is 25.1 Å². The molecule has 1 fully saturated rings. The molecule has 1 saturated heterocycles. The van der Waals surface area contributed by atoms with Crippen LogP contribution in [0.3, 0.4) is 0 Å². The summed E-state index contributed by atoms with van der Waals surface area (Å²) < 4.78 is 38.1. The maximum absolute atomic E-state index is 12.9. The lowest BCUT2D eigenvalue weighted by Gasteiger charge is -2.26. The molecule has 2 aromatic carbocycles. The molecule has 31 heavy (non-hydrogen) atoms. The number of anilines is 1. The molecule has 0 saturated carbocycles. The number of ether oxygens (including phenoxy) is 2. The van der Waals surface area contributed by atoms with Crippen molar-refractivity contribution < 1.29 is 22.7 Å². The van der Waals surface area contributed by atoms with Gasteiger partial charge in [0.15, 0.2) is 6.61 Å². The van der Waals surface area contributed by atoms with Crippen molar-refractivity contribution in [2.75, 3.05) is 38.2 Å². The number of halogens is 1. The van der Waals surface area contributed by atoms with Crippen LogP contribution in [0.4, 0.5) is 5.69 Å². The van der Waals surface area contributed by atoms with E-state index < -0.39 is 15.9 Å². The molecule has 1 aliphatic rings. The first-order valence-electron chi connectivity index (χ1n) is 10.1. The maximum Gasteiger partial charge on any atom is 0.262 e. The lowest BCUT2D eigenvalue weighted by atomic mass is 10.0. The quantitative estimate of drug-likeness (QED) is 0.670. The van der Waals surface area contributed by atoms with Gasteiger partial charge in [-0.3, -0.25) is 4.79 Å². The molecular formula is C22H27ClN2O5S. The average molecular weight is 467 g/mol. The van der Waals surface area contributed by atoms with Gasteiger partial charge in [-0.2, -0.15) is 4.31 Å². The second kappa shape index (κ2) is 9.99. The summed E-state index contributed by atoms with van der Waals surface area (Å²) in [7, 11) is -3.79. The number of hydrogen-bond acceptors (Lipinski definition) is 5.